The SMILES string of the molecule is C=NC(CC)(CC)CC(C)C. The third kappa shape index (κ3) is 3.04. The van der Waals surface area contributed by atoms with Gasteiger partial charge in [-0.3, -0.25) is 4.99 Å². The van der Waals surface area contributed by atoms with E-state index in [0.717, 1.165) is 18.8 Å². The van der Waals surface area contributed by atoms with Crippen LogP contribution in [0.3, 0.4) is 0 Å². The van der Waals surface area contributed by atoms with Gasteiger partial charge in [-0.15, -0.1) is 0 Å². The molecule has 0 amide bonds. The van der Waals surface area contributed by atoms with Crippen LogP contribution in [0.25, 0.3) is 0 Å². The van der Waals surface area contributed by atoms with Crippen molar-refractivity contribution in [2.24, 2.45) is 10.9 Å². The van der Waals surface area contributed by atoms with E-state index < -0.39 is 0 Å². The minimum Gasteiger partial charge on any atom is -0.294 e. The van der Waals surface area contributed by atoms with Crippen LogP contribution in [0.5, 0.6) is 0 Å². The van der Waals surface area contributed by atoms with E-state index in [9.17, 15) is 0 Å². The second-order valence-electron chi connectivity index (χ2n) is 3.69. The van der Waals surface area contributed by atoms with Crippen molar-refractivity contribution in [3.63, 3.8) is 0 Å². The topological polar surface area (TPSA) is 12.4 Å². The Balaban J connectivity index is 4.16. The fourth-order valence-corrected chi connectivity index (χ4v) is 1.59. The van der Waals surface area contributed by atoms with Gasteiger partial charge in [0, 0.05) is 0 Å². The van der Waals surface area contributed by atoms with Crippen LogP contribution in [0.4, 0.5) is 0 Å². The predicted molar refractivity (Wildman–Crippen MR) is 52.3 cm³/mol. The summed E-state index contributed by atoms with van der Waals surface area (Å²) in [5.41, 5.74) is 0.161. The first kappa shape index (κ1) is 10.7. The minimum atomic E-state index is 0.161. The zero-order valence-corrected chi connectivity index (χ0v) is 8.35. The Hall–Kier alpha value is -0.330. The van der Waals surface area contributed by atoms with Crippen molar-refractivity contribution in [3.05, 3.63) is 0 Å². The summed E-state index contributed by atoms with van der Waals surface area (Å²) in [7, 11) is 0. The summed E-state index contributed by atoms with van der Waals surface area (Å²) < 4.78 is 0. The Bertz CT molecular complexity index is 112. The maximum absolute atomic E-state index is 4.25. The molecule has 0 bridgehead atoms. The highest BCUT2D eigenvalue weighted by Gasteiger charge is 2.24. The average Bonchev–Trinajstić information content (AvgIpc) is 2.00. The van der Waals surface area contributed by atoms with E-state index in [2.05, 4.69) is 39.4 Å². The molecule has 0 aliphatic rings. The van der Waals surface area contributed by atoms with Crippen molar-refractivity contribution in [2.45, 2.75) is 52.5 Å². The molecule has 0 radical (unpaired) electrons. The van der Waals surface area contributed by atoms with Gasteiger partial charge in [-0.2, -0.15) is 0 Å². The molecule has 0 aliphatic heterocycles. The van der Waals surface area contributed by atoms with Crippen LogP contribution < -0.4 is 0 Å². The smallest absolute Gasteiger partial charge is 0.0598 e. The molecule has 0 saturated heterocycles. The van der Waals surface area contributed by atoms with Gasteiger partial charge in [-0.25, -0.2) is 0 Å². The molecular weight excluding hydrogens is 134 g/mol. The van der Waals surface area contributed by atoms with Crippen LogP contribution in [0.1, 0.15) is 47.0 Å². The standard InChI is InChI=1S/C10H21N/c1-6-10(7-2,11-5)8-9(3)4/h9H,5-8H2,1-4H3. The summed E-state index contributed by atoms with van der Waals surface area (Å²) in [4.78, 5) is 4.25. The highest BCUT2D eigenvalue weighted by atomic mass is 14.8. The number of nitrogens with zero attached hydrogens (tertiary/aromatic N) is 1. The molecule has 0 N–H and O–H groups in total. The molecule has 0 aliphatic carbocycles. The Kier molecular flexibility index (Phi) is 4.39. The molecule has 0 aromatic carbocycles. The molecule has 1 nitrogen and oxygen atoms in total. The third-order valence-corrected chi connectivity index (χ3v) is 2.44. The summed E-state index contributed by atoms with van der Waals surface area (Å²) in [5.74, 6) is 0.723. The van der Waals surface area contributed by atoms with Crippen LogP contribution in [0.2, 0.25) is 0 Å². The summed E-state index contributed by atoms with van der Waals surface area (Å²) in [6.45, 7) is 12.6. The third-order valence-electron chi connectivity index (χ3n) is 2.44. The first-order chi connectivity index (χ1) is 5.10. The Morgan fingerprint density at radius 1 is 1.27 bits per heavy atom. The molecule has 0 aromatic rings. The normalized spacial score (nSPS) is 12.1. The second kappa shape index (κ2) is 4.53. The van der Waals surface area contributed by atoms with Gasteiger partial charge >= 0.3 is 0 Å². The van der Waals surface area contributed by atoms with E-state index >= 15 is 0 Å². The number of aliphatic imine (C=N–C) groups is 1. The van der Waals surface area contributed by atoms with Gasteiger partial charge in [-0.1, -0.05) is 27.7 Å². The summed E-state index contributed by atoms with van der Waals surface area (Å²) >= 11 is 0. The zero-order valence-electron chi connectivity index (χ0n) is 8.35. The largest absolute Gasteiger partial charge is 0.294 e. The van der Waals surface area contributed by atoms with Gasteiger partial charge in [0.05, 0.1) is 5.54 Å². The van der Waals surface area contributed by atoms with E-state index in [0.29, 0.717) is 0 Å². The van der Waals surface area contributed by atoms with Crippen molar-refractivity contribution in [1.82, 2.24) is 0 Å². The molecule has 0 spiro atoms. The molecular formula is C10H21N. The Morgan fingerprint density at radius 2 is 1.73 bits per heavy atom. The van der Waals surface area contributed by atoms with Crippen molar-refractivity contribution < 1.29 is 0 Å². The Labute approximate surface area is 70.9 Å². The molecule has 0 aromatic heterocycles. The lowest BCUT2D eigenvalue weighted by Crippen LogP contribution is -2.26. The van der Waals surface area contributed by atoms with Gasteiger partial charge in [0.15, 0.2) is 0 Å². The maximum atomic E-state index is 4.25. The first-order valence-electron chi connectivity index (χ1n) is 4.58. The molecule has 1 heteroatoms. The summed E-state index contributed by atoms with van der Waals surface area (Å²) in [6.07, 6.45) is 3.40. The van der Waals surface area contributed by atoms with Gasteiger partial charge in [-0.05, 0) is 31.9 Å². The lowest BCUT2D eigenvalue weighted by molar-refractivity contribution is 0.324. The molecule has 0 saturated carbocycles. The monoisotopic (exact) mass is 155 g/mol. The van der Waals surface area contributed by atoms with Crippen LogP contribution in [0.15, 0.2) is 4.99 Å². The Morgan fingerprint density at radius 3 is 1.82 bits per heavy atom. The number of rotatable bonds is 5. The fraction of sp³-hybridized carbons (Fsp3) is 0.900. The number of hydrogen-bond acceptors (Lipinski definition) is 1. The van der Waals surface area contributed by atoms with Crippen molar-refractivity contribution in [1.29, 1.82) is 0 Å². The van der Waals surface area contributed by atoms with E-state index in [1.54, 1.807) is 0 Å². The molecule has 0 fully saturated rings. The van der Waals surface area contributed by atoms with Crippen LogP contribution in [-0.2, 0) is 0 Å². The molecule has 66 valence electrons. The molecule has 0 heterocycles. The van der Waals surface area contributed by atoms with Gasteiger partial charge < -0.3 is 0 Å². The van der Waals surface area contributed by atoms with Crippen molar-refractivity contribution in [2.75, 3.05) is 0 Å². The highest BCUT2D eigenvalue weighted by molar-refractivity contribution is 5.26. The lowest BCUT2D eigenvalue weighted by Gasteiger charge is -2.28. The fourth-order valence-electron chi connectivity index (χ4n) is 1.59. The van der Waals surface area contributed by atoms with Crippen LogP contribution in [0, 0.1) is 5.92 Å². The molecule has 0 unspecified atom stereocenters. The van der Waals surface area contributed by atoms with E-state index in [4.69, 9.17) is 0 Å². The summed E-state index contributed by atoms with van der Waals surface area (Å²) in [5, 5.41) is 0. The van der Waals surface area contributed by atoms with Crippen molar-refractivity contribution >= 4 is 6.72 Å². The molecule has 0 rings (SSSR count). The maximum Gasteiger partial charge on any atom is 0.0598 e. The lowest BCUT2D eigenvalue weighted by atomic mass is 9.85. The first-order valence-corrected chi connectivity index (χ1v) is 4.58. The van der Waals surface area contributed by atoms with Crippen LogP contribution in [-0.4, -0.2) is 12.3 Å². The van der Waals surface area contributed by atoms with Gasteiger partial charge in [0.1, 0.15) is 0 Å². The van der Waals surface area contributed by atoms with Crippen molar-refractivity contribution in [3.8, 4) is 0 Å². The molecule has 11 heavy (non-hydrogen) atoms. The second-order valence-corrected chi connectivity index (χ2v) is 3.69. The summed E-state index contributed by atoms with van der Waals surface area (Å²) in [6, 6.07) is 0. The van der Waals surface area contributed by atoms with Crippen LogP contribution >= 0.6 is 0 Å². The van der Waals surface area contributed by atoms with Gasteiger partial charge in [0.25, 0.3) is 0 Å². The van der Waals surface area contributed by atoms with Gasteiger partial charge in [0.2, 0.25) is 0 Å². The average molecular weight is 155 g/mol. The predicted octanol–water partition coefficient (Wildman–Crippen LogP) is 3.29. The zero-order chi connectivity index (χ0) is 8.91. The number of hydrogen-bond donors (Lipinski definition) is 0. The minimum absolute atomic E-state index is 0.161. The van der Waals surface area contributed by atoms with E-state index in [-0.39, 0.29) is 5.54 Å². The van der Waals surface area contributed by atoms with E-state index in [1.165, 1.54) is 6.42 Å². The molecule has 0 atom stereocenters. The van der Waals surface area contributed by atoms with E-state index in [1.807, 2.05) is 0 Å². The quantitative estimate of drug-likeness (QED) is 0.540. The highest BCUT2D eigenvalue weighted by Crippen LogP contribution is 2.27.